The van der Waals surface area contributed by atoms with Crippen molar-refractivity contribution >= 4 is 23.7 Å². The maximum atomic E-state index is 13.1. The van der Waals surface area contributed by atoms with Crippen LogP contribution in [0.4, 0.5) is 10.7 Å². The van der Waals surface area contributed by atoms with Gasteiger partial charge in [-0.15, -0.1) is 0 Å². The smallest absolute Gasteiger partial charge is 0.396 e. The number of fused-ring (bicyclic) bond motifs is 3. The maximum Gasteiger partial charge on any atom is 0.406 e. The number of aliphatic hydroxyl groups excluding tert-OH is 1. The highest BCUT2D eigenvalue weighted by Crippen LogP contribution is 2.31. The Morgan fingerprint density at radius 1 is 1.17 bits per heavy atom. The Morgan fingerprint density at radius 3 is 2.57 bits per heavy atom. The molecule has 0 spiro atoms. The zero-order valence-electron chi connectivity index (χ0n) is 17.7. The van der Waals surface area contributed by atoms with Crippen molar-refractivity contribution in [3.8, 4) is 5.69 Å². The number of aryl methyl sites for hydroxylation is 2. The maximum absolute atomic E-state index is 13.1. The van der Waals surface area contributed by atoms with Crippen LogP contribution in [0.2, 0.25) is 0 Å². The van der Waals surface area contributed by atoms with Gasteiger partial charge in [0.1, 0.15) is 17.6 Å². The van der Waals surface area contributed by atoms with Crippen molar-refractivity contribution < 1.29 is 19.3 Å². The van der Waals surface area contributed by atoms with Crippen LogP contribution >= 0.6 is 0 Å². The van der Waals surface area contributed by atoms with Crippen molar-refractivity contribution in [2.24, 2.45) is 4.99 Å². The molecule has 1 aromatic heterocycles. The molecule has 1 fully saturated rings. The van der Waals surface area contributed by atoms with E-state index in [9.17, 15) is 9.59 Å². The molecular formula is C22H28N5O3+. The molecule has 1 aromatic carbocycles. The summed E-state index contributed by atoms with van der Waals surface area (Å²) in [6.07, 6.45) is 5.65. The number of unbranched alkanes of at least 4 members (excludes halogenated alkanes) is 1. The van der Waals surface area contributed by atoms with Crippen molar-refractivity contribution in [1.29, 1.82) is 0 Å². The second-order valence-corrected chi connectivity index (χ2v) is 7.86. The Kier molecular flexibility index (Phi) is 5.42. The van der Waals surface area contributed by atoms with Gasteiger partial charge < -0.3 is 5.11 Å². The molecule has 158 valence electrons. The van der Waals surface area contributed by atoms with E-state index in [1.165, 1.54) is 15.4 Å². The van der Waals surface area contributed by atoms with Crippen LogP contribution in [0.15, 0.2) is 35.5 Å². The highest BCUT2D eigenvalue weighted by molar-refractivity contribution is 6.19. The minimum absolute atomic E-state index is 0.0749. The van der Waals surface area contributed by atoms with E-state index in [1.807, 2.05) is 22.3 Å². The molecule has 0 radical (unpaired) electrons. The first-order valence-electron chi connectivity index (χ1n) is 10.5. The average Bonchev–Trinajstić information content (AvgIpc) is 3.25. The first-order valence-corrected chi connectivity index (χ1v) is 10.5. The Labute approximate surface area is 176 Å². The number of imide groups is 1. The molecule has 8 heteroatoms. The van der Waals surface area contributed by atoms with Crippen molar-refractivity contribution in [3.63, 3.8) is 0 Å². The summed E-state index contributed by atoms with van der Waals surface area (Å²) in [5, 5.41) is 9.12. The first kappa shape index (κ1) is 20.3. The molecule has 2 aliphatic rings. The van der Waals surface area contributed by atoms with Crippen LogP contribution in [0, 0.1) is 6.92 Å². The number of urea groups is 1. The SMILES string of the molecule is CCCCc1ccc(-n2c(C)c[n+]3c2N=C2C3C(=O)N(CCCO)C(=O)N2C)cc1. The van der Waals surface area contributed by atoms with Crippen LogP contribution in [0.3, 0.4) is 0 Å². The molecule has 1 saturated heterocycles. The molecule has 0 saturated carbocycles. The molecule has 30 heavy (non-hydrogen) atoms. The average molecular weight is 410 g/mol. The van der Waals surface area contributed by atoms with E-state index >= 15 is 0 Å². The van der Waals surface area contributed by atoms with Gasteiger partial charge in [0.15, 0.2) is 0 Å². The second kappa shape index (κ2) is 8.02. The number of rotatable bonds is 7. The lowest BCUT2D eigenvalue weighted by Gasteiger charge is -2.32. The van der Waals surface area contributed by atoms with E-state index < -0.39 is 12.1 Å². The second-order valence-electron chi connectivity index (χ2n) is 7.86. The molecular weight excluding hydrogens is 382 g/mol. The lowest BCUT2D eigenvalue weighted by molar-refractivity contribution is -0.676. The van der Waals surface area contributed by atoms with Crippen LogP contribution in [0.5, 0.6) is 0 Å². The predicted molar refractivity (Wildman–Crippen MR) is 112 cm³/mol. The number of aliphatic imine (C=N–C) groups is 1. The van der Waals surface area contributed by atoms with E-state index in [0.717, 1.165) is 30.6 Å². The van der Waals surface area contributed by atoms with Crippen molar-refractivity contribution in [2.75, 3.05) is 20.2 Å². The number of imidazole rings is 1. The van der Waals surface area contributed by atoms with Crippen molar-refractivity contribution in [2.45, 2.75) is 45.6 Å². The number of aromatic nitrogens is 2. The highest BCUT2D eigenvalue weighted by atomic mass is 16.3. The van der Waals surface area contributed by atoms with E-state index in [1.54, 1.807) is 7.05 Å². The molecule has 1 atom stereocenters. The predicted octanol–water partition coefficient (Wildman–Crippen LogP) is 2.28. The summed E-state index contributed by atoms with van der Waals surface area (Å²) in [7, 11) is 1.64. The lowest BCUT2D eigenvalue weighted by Crippen LogP contribution is -2.62. The molecule has 1 N–H and O–H groups in total. The molecule has 0 aliphatic carbocycles. The number of aliphatic hydroxyl groups is 1. The third-order valence-corrected chi connectivity index (χ3v) is 5.76. The van der Waals surface area contributed by atoms with Crippen LogP contribution in [0.1, 0.15) is 43.5 Å². The van der Waals surface area contributed by atoms with Crippen LogP contribution in [-0.2, 0) is 11.2 Å². The molecule has 3 amide bonds. The Morgan fingerprint density at radius 2 is 1.90 bits per heavy atom. The van der Waals surface area contributed by atoms with E-state index in [-0.39, 0.29) is 19.1 Å². The summed E-state index contributed by atoms with van der Waals surface area (Å²) < 4.78 is 3.85. The van der Waals surface area contributed by atoms with Gasteiger partial charge in [0.2, 0.25) is 11.9 Å². The number of amidine groups is 1. The van der Waals surface area contributed by atoms with E-state index in [4.69, 9.17) is 10.1 Å². The largest absolute Gasteiger partial charge is 0.406 e. The van der Waals surface area contributed by atoms with Gasteiger partial charge in [0.05, 0.1) is 0 Å². The molecule has 2 aliphatic heterocycles. The summed E-state index contributed by atoms with van der Waals surface area (Å²) >= 11 is 0. The third kappa shape index (κ3) is 3.21. The number of hydrogen-bond acceptors (Lipinski definition) is 4. The Balaban J connectivity index is 1.71. The summed E-state index contributed by atoms with van der Waals surface area (Å²) in [5.74, 6) is 0.764. The third-order valence-electron chi connectivity index (χ3n) is 5.76. The van der Waals surface area contributed by atoms with Gasteiger partial charge in [-0.3, -0.25) is 14.6 Å². The Bertz CT molecular complexity index is 1010. The van der Waals surface area contributed by atoms with E-state index in [0.29, 0.717) is 18.2 Å². The van der Waals surface area contributed by atoms with Gasteiger partial charge in [-0.25, -0.2) is 9.36 Å². The molecule has 3 heterocycles. The fraction of sp³-hybridized carbons (Fsp3) is 0.455. The lowest BCUT2D eigenvalue weighted by atomic mass is 10.1. The Hall–Kier alpha value is -3.00. The van der Waals surface area contributed by atoms with Crippen LogP contribution in [-0.4, -0.2) is 57.4 Å². The van der Waals surface area contributed by atoms with Crippen LogP contribution < -0.4 is 4.57 Å². The number of carbonyl (C=O) groups is 2. The number of benzene rings is 1. The summed E-state index contributed by atoms with van der Waals surface area (Å²) in [5.41, 5.74) is 3.24. The monoisotopic (exact) mass is 410 g/mol. The normalized spacial score (nSPS) is 18.0. The van der Waals surface area contributed by atoms with E-state index in [2.05, 4.69) is 31.2 Å². The molecule has 1 unspecified atom stereocenters. The van der Waals surface area contributed by atoms with Crippen molar-refractivity contribution in [3.05, 3.63) is 41.7 Å². The highest BCUT2D eigenvalue weighted by Gasteiger charge is 2.53. The zero-order valence-corrected chi connectivity index (χ0v) is 17.7. The first-order chi connectivity index (χ1) is 14.5. The van der Waals surface area contributed by atoms with Crippen LogP contribution in [0.25, 0.3) is 5.69 Å². The number of amides is 3. The fourth-order valence-corrected chi connectivity index (χ4v) is 4.13. The molecule has 0 bridgehead atoms. The number of likely N-dealkylation sites (N-methyl/N-ethyl adjacent to an activating group) is 1. The van der Waals surface area contributed by atoms with Gasteiger partial charge in [-0.1, -0.05) is 30.5 Å². The number of hydrogen-bond donors (Lipinski definition) is 1. The quantitative estimate of drug-likeness (QED) is 0.711. The minimum atomic E-state index is -0.662. The van der Waals surface area contributed by atoms with Gasteiger partial charge in [-0.05, 0) is 43.9 Å². The zero-order chi connectivity index (χ0) is 21.4. The molecule has 4 rings (SSSR count). The van der Waals surface area contributed by atoms with Crippen molar-refractivity contribution in [1.82, 2.24) is 14.4 Å². The topological polar surface area (TPSA) is 82.0 Å². The summed E-state index contributed by atoms with van der Waals surface area (Å²) in [6.45, 7) is 4.29. The van der Waals surface area contributed by atoms with Gasteiger partial charge in [-0.2, -0.15) is 4.57 Å². The standard InChI is InChI=1S/C22H28N5O3/c1-4-5-7-16-8-10-17(11-9-16)27-15(2)14-26-18-19(23-21(26)27)24(3)22(30)25(20(18)29)12-6-13-28/h8-11,14,18,28H,4-7,12-13H2,1-3H3/q+1. The van der Waals surface area contributed by atoms with Gasteiger partial charge in [0.25, 0.3) is 5.91 Å². The molecule has 8 nitrogen and oxygen atoms in total. The fourth-order valence-electron chi connectivity index (χ4n) is 4.13. The summed E-state index contributed by atoms with van der Waals surface area (Å²) in [4.78, 5) is 33.1. The van der Waals surface area contributed by atoms with Gasteiger partial charge in [0, 0.05) is 20.2 Å². The minimum Gasteiger partial charge on any atom is -0.396 e. The molecule has 2 aromatic rings. The number of nitrogens with zero attached hydrogens (tertiary/aromatic N) is 5. The number of carbonyl (C=O) groups excluding carboxylic acids is 2. The van der Waals surface area contributed by atoms with Gasteiger partial charge >= 0.3 is 12.0 Å². The summed E-state index contributed by atoms with van der Waals surface area (Å²) in [6, 6.07) is 7.35.